The number of hydrogen-bond acceptors (Lipinski definition) is 5. The van der Waals surface area contributed by atoms with Crippen molar-refractivity contribution in [1.29, 1.82) is 0 Å². The van der Waals surface area contributed by atoms with E-state index in [9.17, 15) is 13.2 Å². The van der Waals surface area contributed by atoms with Gasteiger partial charge in [-0.05, 0) is 24.1 Å². The van der Waals surface area contributed by atoms with Crippen LogP contribution in [-0.2, 0) is 10.0 Å². The van der Waals surface area contributed by atoms with Gasteiger partial charge in [0.1, 0.15) is 9.77 Å². The number of thiophene rings is 1. The molecule has 1 aromatic rings. The lowest BCUT2D eigenvalue weighted by Gasteiger charge is -2.25. The monoisotopic (exact) mass is 323 g/mol. The van der Waals surface area contributed by atoms with Gasteiger partial charge in [0, 0.05) is 18.8 Å². The third-order valence-corrected chi connectivity index (χ3v) is 6.53. The highest BCUT2D eigenvalue weighted by Gasteiger charge is 2.31. The average Bonchev–Trinajstić information content (AvgIpc) is 2.85. The van der Waals surface area contributed by atoms with Crippen molar-refractivity contribution in [2.24, 2.45) is 0 Å². The Morgan fingerprint density at radius 1 is 1.58 bits per heavy atom. The Morgan fingerprint density at radius 2 is 2.21 bits per heavy atom. The topological polar surface area (TPSA) is 74.7 Å². The van der Waals surface area contributed by atoms with Crippen LogP contribution in [0.5, 0.6) is 0 Å². The molecule has 1 unspecified atom stereocenters. The molecule has 0 saturated carbocycles. The molecule has 0 aliphatic carbocycles. The summed E-state index contributed by atoms with van der Waals surface area (Å²) in [5.41, 5.74) is 0. The molecular weight excluding hydrogens is 306 g/mol. The van der Waals surface area contributed by atoms with Gasteiger partial charge < -0.3 is 5.11 Å². The largest absolute Gasteiger partial charge is 0.477 e. The van der Waals surface area contributed by atoms with Gasteiger partial charge in [-0.25, -0.2) is 13.2 Å². The summed E-state index contributed by atoms with van der Waals surface area (Å²) in [5.74, 6) is -0.529. The third kappa shape index (κ3) is 3.50. The van der Waals surface area contributed by atoms with Crippen LogP contribution < -0.4 is 0 Å². The average molecular weight is 323 g/mol. The zero-order valence-corrected chi connectivity index (χ0v) is 13.4. The number of carboxylic acid groups (broad SMARTS) is 1. The summed E-state index contributed by atoms with van der Waals surface area (Å²) in [6, 6.07) is 1.22. The van der Waals surface area contributed by atoms with Crippen LogP contribution in [-0.4, -0.2) is 48.9 Å². The van der Waals surface area contributed by atoms with Gasteiger partial charge in [-0.1, -0.05) is 6.92 Å². The summed E-state index contributed by atoms with van der Waals surface area (Å²) in [6.07, 6.45) is 2.60. The zero-order chi connectivity index (χ0) is 14.6. The van der Waals surface area contributed by atoms with Gasteiger partial charge >= 0.3 is 5.97 Å². The van der Waals surface area contributed by atoms with Crippen LogP contribution in [0.1, 0.15) is 23.0 Å². The minimum atomic E-state index is -3.76. The quantitative estimate of drug-likeness (QED) is 0.832. The van der Waals surface area contributed by atoms with E-state index in [4.69, 9.17) is 5.11 Å². The van der Waals surface area contributed by atoms with E-state index in [1.54, 1.807) is 11.8 Å². The molecule has 0 aliphatic heterocycles. The van der Waals surface area contributed by atoms with E-state index in [2.05, 4.69) is 0 Å². The number of nitrogens with zero attached hydrogens (tertiary/aromatic N) is 1. The summed E-state index contributed by atoms with van der Waals surface area (Å²) < 4.78 is 26.2. The van der Waals surface area contributed by atoms with Crippen LogP contribution >= 0.6 is 23.1 Å². The predicted octanol–water partition coefficient (Wildman–Crippen LogP) is 2.21. The summed E-state index contributed by atoms with van der Waals surface area (Å²) in [4.78, 5) is 10.8. The van der Waals surface area contributed by atoms with E-state index in [1.165, 1.54) is 22.8 Å². The van der Waals surface area contributed by atoms with Gasteiger partial charge in [-0.2, -0.15) is 16.1 Å². The lowest BCUT2D eigenvalue weighted by molar-refractivity contribution is 0.0698. The molecule has 0 fully saturated rings. The summed E-state index contributed by atoms with van der Waals surface area (Å²) in [7, 11) is -2.25. The second-order valence-electron chi connectivity index (χ2n) is 3.96. The van der Waals surface area contributed by atoms with Crippen molar-refractivity contribution < 1.29 is 18.3 Å². The number of thioether (sulfide) groups is 1. The number of sulfonamides is 1. The molecule has 1 heterocycles. The van der Waals surface area contributed by atoms with E-state index in [0.717, 1.165) is 11.3 Å². The first-order valence-electron chi connectivity index (χ1n) is 5.64. The number of carboxylic acids is 1. The molecule has 0 saturated heterocycles. The maximum Gasteiger partial charge on any atom is 0.347 e. The minimum absolute atomic E-state index is 0.118. The maximum atomic E-state index is 12.5. The highest BCUT2D eigenvalue weighted by molar-refractivity contribution is 7.98. The molecule has 1 aromatic heterocycles. The lowest BCUT2D eigenvalue weighted by atomic mass is 10.3. The van der Waals surface area contributed by atoms with Crippen molar-refractivity contribution in [3.05, 3.63) is 16.3 Å². The first-order valence-corrected chi connectivity index (χ1v) is 9.35. The molecule has 0 amide bonds. The normalized spacial score (nSPS) is 13.7. The predicted molar refractivity (Wildman–Crippen MR) is 78.7 cm³/mol. The van der Waals surface area contributed by atoms with Gasteiger partial charge in [0.25, 0.3) is 0 Å². The number of aromatic carboxylic acids is 1. The molecule has 0 aromatic carbocycles. The van der Waals surface area contributed by atoms with Crippen LogP contribution in [0, 0.1) is 0 Å². The molecule has 5 nitrogen and oxygen atoms in total. The number of hydrogen-bond donors (Lipinski definition) is 1. The van der Waals surface area contributed by atoms with Crippen molar-refractivity contribution in [2.45, 2.75) is 24.3 Å². The van der Waals surface area contributed by atoms with Gasteiger partial charge in [-0.15, -0.1) is 11.3 Å². The Balaban J connectivity index is 3.16. The van der Waals surface area contributed by atoms with Crippen molar-refractivity contribution >= 4 is 39.1 Å². The summed E-state index contributed by atoms with van der Waals surface area (Å²) >= 11 is 2.49. The van der Waals surface area contributed by atoms with Crippen molar-refractivity contribution in [3.63, 3.8) is 0 Å². The fourth-order valence-electron chi connectivity index (χ4n) is 1.68. The molecule has 0 radical (unpaired) electrons. The second kappa shape index (κ2) is 6.74. The van der Waals surface area contributed by atoms with Gasteiger partial charge in [0.2, 0.25) is 10.0 Å². The smallest absolute Gasteiger partial charge is 0.347 e. The lowest BCUT2D eigenvalue weighted by Crippen LogP contribution is -2.38. The van der Waals surface area contributed by atoms with Crippen LogP contribution in [0.2, 0.25) is 0 Å². The third-order valence-electron chi connectivity index (χ3n) is 2.82. The van der Waals surface area contributed by atoms with Gasteiger partial charge in [0.05, 0.1) is 0 Å². The molecule has 0 spiro atoms. The molecule has 1 N–H and O–H groups in total. The van der Waals surface area contributed by atoms with Crippen molar-refractivity contribution in [1.82, 2.24) is 4.31 Å². The molecule has 0 aliphatic rings. The standard InChI is InChI=1S/C11H17NO4S3/c1-4-8(7-17-3)12(2)19(15,16)9-5-6-18-10(9)11(13)14/h5-6,8H,4,7H2,1-3H3,(H,13,14). The van der Waals surface area contributed by atoms with E-state index < -0.39 is 16.0 Å². The Bertz CT molecular complexity index is 538. The van der Waals surface area contributed by atoms with Crippen LogP contribution in [0.4, 0.5) is 0 Å². The molecular formula is C11H17NO4S3. The highest BCUT2D eigenvalue weighted by atomic mass is 32.2. The fraction of sp³-hybridized carbons (Fsp3) is 0.545. The highest BCUT2D eigenvalue weighted by Crippen LogP contribution is 2.26. The van der Waals surface area contributed by atoms with Gasteiger partial charge in [0.15, 0.2) is 0 Å². The Kier molecular flexibility index (Phi) is 5.84. The van der Waals surface area contributed by atoms with E-state index in [1.807, 2.05) is 13.2 Å². The molecule has 1 atom stereocenters. The summed E-state index contributed by atoms with van der Waals surface area (Å²) in [6.45, 7) is 1.92. The first-order chi connectivity index (χ1) is 8.86. The SMILES string of the molecule is CCC(CSC)N(C)S(=O)(=O)c1ccsc1C(=O)O. The Morgan fingerprint density at radius 3 is 2.68 bits per heavy atom. The second-order valence-corrected chi connectivity index (χ2v) is 7.75. The maximum absolute atomic E-state index is 12.5. The van der Waals surface area contributed by atoms with Crippen molar-refractivity contribution in [2.75, 3.05) is 19.1 Å². The molecule has 0 bridgehead atoms. The zero-order valence-electron chi connectivity index (χ0n) is 11.0. The van der Waals surface area contributed by atoms with E-state index >= 15 is 0 Å². The first kappa shape index (κ1) is 16.5. The van der Waals surface area contributed by atoms with E-state index in [0.29, 0.717) is 12.2 Å². The molecule has 1 rings (SSSR count). The minimum Gasteiger partial charge on any atom is -0.477 e. The fourth-order valence-corrected chi connectivity index (χ4v) is 5.28. The van der Waals surface area contributed by atoms with Crippen LogP contribution in [0.3, 0.4) is 0 Å². The van der Waals surface area contributed by atoms with Crippen LogP contribution in [0.25, 0.3) is 0 Å². The van der Waals surface area contributed by atoms with Crippen LogP contribution in [0.15, 0.2) is 16.3 Å². The Labute approximate surface area is 121 Å². The summed E-state index contributed by atoms with van der Waals surface area (Å²) in [5, 5.41) is 10.5. The number of carbonyl (C=O) groups is 1. The molecule has 108 valence electrons. The van der Waals surface area contributed by atoms with Gasteiger partial charge in [-0.3, -0.25) is 0 Å². The van der Waals surface area contributed by atoms with E-state index in [-0.39, 0.29) is 15.8 Å². The van der Waals surface area contributed by atoms with Crippen molar-refractivity contribution in [3.8, 4) is 0 Å². The molecule has 19 heavy (non-hydrogen) atoms. The Hall–Kier alpha value is -0.570. The molecule has 8 heteroatoms. The number of rotatable bonds is 7.